The summed E-state index contributed by atoms with van der Waals surface area (Å²) in [6, 6.07) is 3.78. The van der Waals surface area contributed by atoms with Gasteiger partial charge in [-0.1, -0.05) is 17.7 Å². The van der Waals surface area contributed by atoms with Crippen LogP contribution in [0.25, 0.3) is 10.4 Å². The predicted octanol–water partition coefficient (Wildman–Crippen LogP) is 2.74. The van der Waals surface area contributed by atoms with Gasteiger partial charge >= 0.3 is 0 Å². The van der Waals surface area contributed by atoms with Crippen molar-refractivity contribution in [1.29, 1.82) is 0 Å². The molecule has 0 radical (unpaired) electrons. The molecule has 0 saturated carbocycles. The van der Waals surface area contributed by atoms with Gasteiger partial charge in [-0.05, 0) is 24.6 Å². The van der Waals surface area contributed by atoms with Crippen molar-refractivity contribution in [2.24, 2.45) is 10.7 Å². The smallest absolute Gasteiger partial charge is 0.240 e. The van der Waals surface area contributed by atoms with Crippen LogP contribution >= 0.6 is 22.9 Å². The van der Waals surface area contributed by atoms with Gasteiger partial charge < -0.3 is 5.73 Å². The Balaban J connectivity index is 2.17. The van der Waals surface area contributed by atoms with Crippen molar-refractivity contribution < 1.29 is 8.42 Å². The molecular weight excluding hydrogens is 380 g/mol. The normalized spacial score (nSPS) is 22.5. The zero-order valence-electron chi connectivity index (χ0n) is 13.7. The lowest BCUT2D eigenvalue weighted by Crippen LogP contribution is -2.50. The van der Waals surface area contributed by atoms with E-state index in [4.69, 9.17) is 17.3 Å². The highest BCUT2D eigenvalue weighted by Gasteiger charge is 2.44. The van der Waals surface area contributed by atoms with E-state index in [9.17, 15) is 8.42 Å². The number of hydrogen-bond acceptors (Lipinski definition) is 6. The lowest BCUT2D eigenvalue weighted by atomic mass is 10.0. The summed E-state index contributed by atoms with van der Waals surface area (Å²) in [5, 5.41) is 0.428. The molecule has 2 aromatic rings. The van der Waals surface area contributed by atoms with Crippen LogP contribution in [0, 0.1) is 6.92 Å². The van der Waals surface area contributed by atoms with Gasteiger partial charge in [0.2, 0.25) is 16.0 Å². The van der Waals surface area contributed by atoms with E-state index in [-0.39, 0.29) is 11.7 Å². The average molecular weight is 397 g/mol. The molecule has 0 saturated heterocycles. The van der Waals surface area contributed by atoms with E-state index in [2.05, 4.69) is 16.6 Å². The fourth-order valence-electron chi connectivity index (χ4n) is 2.63. The van der Waals surface area contributed by atoms with Gasteiger partial charge in [0.1, 0.15) is 11.3 Å². The van der Waals surface area contributed by atoms with E-state index in [0.717, 1.165) is 20.3 Å². The molecular formula is C16H17ClN4O2S2. The molecule has 2 aromatic heterocycles. The molecule has 1 aliphatic rings. The Bertz CT molecular complexity index is 984. The van der Waals surface area contributed by atoms with Crippen LogP contribution in [-0.4, -0.2) is 36.5 Å². The SMILES string of the molecule is C=C[C@@]1(c2sc(-c3cncc(C)c3)cc2Cl)CS(=O)(=O)N(C)C(N)=N1. The lowest BCUT2D eigenvalue weighted by molar-refractivity contribution is 0.506. The summed E-state index contributed by atoms with van der Waals surface area (Å²) in [6.07, 6.45) is 4.99. The predicted molar refractivity (Wildman–Crippen MR) is 102 cm³/mol. The van der Waals surface area contributed by atoms with Crippen LogP contribution in [0.4, 0.5) is 0 Å². The van der Waals surface area contributed by atoms with E-state index >= 15 is 0 Å². The van der Waals surface area contributed by atoms with Gasteiger partial charge in [0.05, 0.1) is 9.90 Å². The monoisotopic (exact) mass is 396 g/mol. The Morgan fingerprint density at radius 1 is 1.44 bits per heavy atom. The molecule has 0 unspecified atom stereocenters. The van der Waals surface area contributed by atoms with Gasteiger partial charge in [0, 0.05) is 29.9 Å². The Morgan fingerprint density at radius 3 is 2.76 bits per heavy atom. The molecule has 0 bridgehead atoms. The van der Waals surface area contributed by atoms with Gasteiger partial charge in [0.25, 0.3) is 0 Å². The van der Waals surface area contributed by atoms with Crippen molar-refractivity contribution >= 4 is 38.9 Å². The van der Waals surface area contributed by atoms with Crippen LogP contribution in [0.5, 0.6) is 0 Å². The Kier molecular flexibility index (Phi) is 4.38. The minimum absolute atomic E-state index is 0.0885. The van der Waals surface area contributed by atoms with Crippen LogP contribution in [0.1, 0.15) is 10.4 Å². The number of aliphatic imine (C=N–C) groups is 1. The minimum Gasteiger partial charge on any atom is -0.369 e. The number of aryl methyl sites for hydroxylation is 1. The second-order valence-corrected chi connectivity index (χ2v) is 9.32. The first-order valence-corrected chi connectivity index (χ1v) is 10.2. The summed E-state index contributed by atoms with van der Waals surface area (Å²) in [5.74, 6) is -0.360. The third-order valence-electron chi connectivity index (χ3n) is 4.03. The average Bonchev–Trinajstić information content (AvgIpc) is 2.94. The fraction of sp³-hybridized carbons (Fsp3) is 0.250. The molecule has 9 heteroatoms. The van der Waals surface area contributed by atoms with Gasteiger partial charge in [-0.3, -0.25) is 4.98 Å². The summed E-state index contributed by atoms with van der Waals surface area (Å²) >= 11 is 7.80. The number of pyridine rings is 1. The number of aromatic nitrogens is 1. The largest absolute Gasteiger partial charge is 0.369 e. The van der Waals surface area contributed by atoms with E-state index in [1.165, 1.54) is 24.5 Å². The molecule has 6 nitrogen and oxygen atoms in total. The fourth-order valence-corrected chi connectivity index (χ4v) is 5.74. The minimum atomic E-state index is -3.62. The van der Waals surface area contributed by atoms with Crippen LogP contribution in [0.2, 0.25) is 5.02 Å². The van der Waals surface area contributed by atoms with E-state index in [0.29, 0.717) is 9.90 Å². The molecule has 2 N–H and O–H groups in total. The summed E-state index contributed by atoms with van der Waals surface area (Å²) in [4.78, 5) is 10.1. The highest BCUT2D eigenvalue weighted by molar-refractivity contribution is 7.89. The Hall–Kier alpha value is -1.90. The summed E-state index contributed by atoms with van der Waals surface area (Å²) in [7, 11) is -2.24. The first kappa shape index (κ1) is 17.9. The molecule has 1 aliphatic heterocycles. The van der Waals surface area contributed by atoms with E-state index in [1.54, 1.807) is 18.5 Å². The number of nitrogens with two attached hydrogens (primary N) is 1. The maximum absolute atomic E-state index is 12.4. The Morgan fingerprint density at radius 2 is 2.16 bits per heavy atom. The molecule has 3 heterocycles. The van der Waals surface area contributed by atoms with Gasteiger partial charge in [-0.2, -0.15) is 0 Å². The van der Waals surface area contributed by atoms with Crippen molar-refractivity contribution in [3.05, 3.63) is 52.6 Å². The van der Waals surface area contributed by atoms with E-state index in [1.807, 2.05) is 13.0 Å². The topological polar surface area (TPSA) is 88.7 Å². The first-order chi connectivity index (χ1) is 11.7. The number of hydrogen-bond donors (Lipinski definition) is 1. The molecule has 1 atom stereocenters. The third-order valence-corrected chi connectivity index (χ3v) is 7.62. The summed E-state index contributed by atoms with van der Waals surface area (Å²) < 4.78 is 25.9. The van der Waals surface area contributed by atoms with Crippen molar-refractivity contribution in [3.63, 3.8) is 0 Å². The number of nitrogens with zero attached hydrogens (tertiary/aromatic N) is 3. The second-order valence-electron chi connectivity index (χ2n) is 5.86. The van der Waals surface area contributed by atoms with E-state index < -0.39 is 15.6 Å². The number of guanidine groups is 1. The standard InChI is InChI=1S/C16H17ClN4O2S2/c1-4-16(9-25(22,23)21(3)15(18)20-16)14-12(17)6-13(24-14)11-5-10(2)7-19-8-11/h4-8H,1,9H2,2-3H3,(H2,18,20)/t16-/m0/s1. The molecule has 0 spiro atoms. The van der Waals surface area contributed by atoms with Gasteiger partial charge in [-0.15, -0.1) is 17.9 Å². The first-order valence-electron chi connectivity index (χ1n) is 7.36. The molecule has 3 rings (SSSR count). The maximum atomic E-state index is 12.4. The van der Waals surface area contributed by atoms with Crippen LogP contribution < -0.4 is 5.73 Å². The van der Waals surface area contributed by atoms with Gasteiger partial charge in [0.15, 0.2) is 0 Å². The lowest BCUT2D eigenvalue weighted by Gasteiger charge is -2.34. The second kappa shape index (κ2) is 6.12. The number of sulfonamides is 1. The number of rotatable bonds is 3. The van der Waals surface area contributed by atoms with Crippen LogP contribution in [0.3, 0.4) is 0 Å². The molecule has 0 fully saturated rings. The third kappa shape index (κ3) is 3.05. The zero-order chi connectivity index (χ0) is 18.4. The van der Waals surface area contributed by atoms with Crippen molar-refractivity contribution in [2.75, 3.05) is 12.8 Å². The molecule has 132 valence electrons. The molecule has 0 aromatic carbocycles. The molecule has 0 amide bonds. The van der Waals surface area contributed by atoms with Gasteiger partial charge in [-0.25, -0.2) is 17.7 Å². The summed E-state index contributed by atoms with van der Waals surface area (Å²) in [5.41, 5.74) is 6.56. The number of halogens is 1. The highest BCUT2D eigenvalue weighted by atomic mass is 35.5. The molecule has 0 aliphatic carbocycles. The van der Waals surface area contributed by atoms with Crippen LogP contribution in [0.15, 0.2) is 42.2 Å². The zero-order valence-corrected chi connectivity index (χ0v) is 16.1. The molecule has 25 heavy (non-hydrogen) atoms. The highest BCUT2D eigenvalue weighted by Crippen LogP contribution is 2.44. The van der Waals surface area contributed by atoms with Crippen molar-refractivity contribution in [3.8, 4) is 10.4 Å². The number of thiophene rings is 1. The van der Waals surface area contributed by atoms with Crippen molar-refractivity contribution in [1.82, 2.24) is 9.29 Å². The quantitative estimate of drug-likeness (QED) is 0.808. The van der Waals surface area contributed by atoms with Crippen LogP contribution in [-0.2, 0) is 15.6 Å². The summed E-state index contributed by atoms with van der Waals surface area (Å²) in [6.45, 7) is 5.74. The Labute approximate surface area is 155 Å². The maximum Gasteiger partial charge on any atom is 0.240 e. The van der Waals surface area contributed by atoms with Crippen molar-refractivity contribution in [2.45, 2.75) is 12.5 Å².